The van der Waals surface area contributed by atoms with Crippen molar-refractivity contribution in [1.29, 1.82) is 0 Å². The minimum Gasteiger partial charge on any atom is -0.294 e. The SMILES string of the molecule is Cc1nc2cccc(C(=O)C(C)(C)C)c2s1. The summed E-state index contributed by atoms with van der Waals surface area (Å²) in [6, 6.07) is 5.76. The Morgan fingerprint density at radius 2 is 2.00 bits per heavy atom. The van der Waals surface area contributed by atoms with Crippen molar-refractivity contribution < 1.29 is 4.79 Å². The van der Waals surface area contributed by atoms with E-state index in [1.54, 1.807) is 11.3 Å². The first kappa shape index (κ1) is 11.3. The Kier molecular flexibility index (Phi) is 2.58. The summed E-state index contributed by atoms with van der Waals surface area (Å²) in [7, 11) is 0. The van der Waals surface area contributed by atoms with Gasteiger partial charge in [-0.2, -0.15) is 0 Å². The first-order valence-electron chi connectivity index (χ1n) is 5.30. The normalized spacial score (nSPS) is 12.0. The number of benzene rings is 1. The van der Waals surface area contributed by atoms with E-state index >= 15 is 0 Å². The molecular formula is C13H15NOS. The van der Waals surface area contributed by atoms with Crippen LogP contribution in [0.25, 0.3) is 10.2 Å². The van der Waals surface area contributed by atoms with Gasteiger partial charge in [0.1, 0.15) is 0 Å². The largest absolute Gasteiger partial charge is 0.294 e. The molecule has 1 aromatic heterocycles. The number of carbonyl (C=O) groups is 1. The Labute approximate surface area is 99.3 Å². The number of carbonyl (C=O) groups excluding carboxylic acids is 1. The fraction of sp³-hybridized carbons (Fsp3) is 0.385. The van der Waals surface area contributed by atoms with Crippen LogP contribution < -0.4 is 0 Å². The van der Waals surface area contributed by atoms with Crippen LogP contribution in [0.4, 0.5) is 0 Å². The van der Waals surface area contributed by atoms with Crippen molar-refractivity contribution in [1.82, 2.24) is 4.98 Å². The summed E-state index contributed by atoms with van der Waals surface area (Å²) in [4.78, 5) is 16.7. The maximum absolute atomic E-state index is 12.3. The average Bonchev–Trinajstić information content (AvgIpc) is 2.54. The summed E-state index contributed by atoms with van der Waals surface area (Å²) in [5, 5.41) is 1.00. The van der Waals surface area contributed by atoms with Gasteiger partial charge in [-0.05, 0) is 19.1 Å². The van der Waals surface area contributed by atoms with Crippen LogP contribution in [-0.4, -0.2) is 10.8 Å². The van der Waals surface area contributed by atoms with Gasteiger partial charge < -0.3 is 0 Å². The second-order valence-corrected chi connectivity index (χ2v) is 6.17. The van der Waals surface area contributed by atoms with E-state index in [0.717, 1.165) is 20.8 Å². The van der Waals surface area contributed by atoms with Gasteiger partial charge >= 0.3 is 0 Å². The minimum absolute atomic E-state index is 0.182. The Morgan fingerprint density at radius 3 is 2.62 bits per heavy atom. The minimum atomic E-state index is -0.341. The molecule has 2 rings (SSSR count). The zero-order valence-corrected chi connectivity index (χ0v) is 10.8. The number of aryl methyl sites for hydroxylation is 1. The fourth-order valence-electron chi connectivity index (χ4n) is 1.64. The highest BCUT2D eigenvalue weighted by atomic mass is 32.1. The van der Waals surface area contributed by atoms with E-state index in [1.807, 2.05) is 45.9 Å². The van der Waals surface area contributed by atoms with Crippen LogP contribution in [0.2, 0.25) is 0 Å². The molecule has 0 unspecified atom stereocenters. The van der Waals surface area contributed by atoms with Crippen molar-refractivity contribution in [2.24, 2.45) is 5.41 Å². The van der Waals surface area contributed by atoms with E-state index in [0.29, 0.717) is 0 Å². The fourth-order valence-corrected chi connectivity index (χ4v) is 2.57. The van der Waals surface area contributed by atoms with Crippen molar-refractivity contribution >= 4 is 27.3 Å². The summed E-state index contributed by atoms with van der Waals surface area (Å²) in [5.41, 5.74) is 1.39. The zero-order chi connectivity index (χ0) is 11.9. The molecule has 1 aromatic carbocycles. The van der Waals surface area contributed by atoms with E-state index in [-0.39, 0.29) is 11.2 Å². The number of rotatable bonds is 1. The lowest BCUT2D eigenvalue weighted by Crippen LogP contribution is -2.20. The highest BCUT2D eigenvalue weighted by molar-refractivity contribution is 7.18. The Balaban J connectivity index is 2.65. The monoisotopic (exact) mass is 233 g/mol. The maximum Gasteiger partial charge on any atom is 0.169 e. The van der Waals surface area contributed by atoms with Gasteiger partial charge in [0.2, 0.25) is 0 Å². The average molecular weight is 233 g/mol. The van der Waals surface area contributed by atoms with Crippen LogP contribution in [0.15, 0.2) is 18.2 Å². The maximum atomic E-state index is 12.3. The predicted octanol–water partition coefficient (Wildman–Crippen LogP) is 3.83. The number of Topliss-reactive ketones (excluding diaryl/α,β-unsaturated/α-hetero) is 1. The third-order valence-corrected chi connectivity index (χ3v) is 3.47. The first-order valence-corrected chi connectivity index (χ1v) is 6.12. The molecule has 84 valence electrons. The zero-order valence-electron chi connectivity index (χ0n) is 10.00. The van der Waals surface area contributed by atoms with Crippen molar-refractivity contribution in [2.45, 2.75) is 27.7 Å². The van der Waals surface area contributed by atoms with Gasteiger partial charge in [0.25, 0.3) is 0 Å². The van der Waals surface area contributed by atoms with Crippen LogP contribution in [-0.2, 0) is 0 Å². The predicted molar refractivity (Wildman–Crippen MR) is 68.1 cm³/mol. The van der Waals surface area contributed by atoms with E-state index < -0.39 is 0 Å². The van der Waals surface area contributed by atoms with Crippen molar-refractivity contribution in [3.05, 3.63) is 28.8 Å². The summed E-state index contributed by atoms with van der Waals surface area (Å²) in [5.74, 6) is 0.182. The number of ketones is 1. The Bertz CT molecular complexity index is 549. The number of nitrogens with zero attached hydrogens (tertiary/aromatic N) is 1. The van der Waals surface area contributed by atoms with Gasteiger partial charge in [0.05, 0.1) is 15.2 Å². The van der Waals surface area contributed by atoms with Gasteiger partial charge in [0, 0.05) is 11.0 Å². The summed E-state index contributed by atoms with van der Waals surface area (Å²) in [6.07, 6.45) is 0. The van der Waals surface area contributed by atoms with Crippen LogP contribution in [0, 0.1) is 12.3 Å². The number of thiazole rings is 1. The molecule has 0 bridgehead atoms. The van der Waals surface area contributed by atoms with E-state index in [9.17, 15) is 4.79 Å². The van der Waals surface area contributed by atoms with Gasteiger partial charge in [-0.25, -0.2) is 4.98 Å². The van der Waals surface area contributed by atoms with E-state index in [4.69, 9.17) is 0 Å². The highest BCUT2D eigenvalue weighted by Crippen LogP contribution is 2.30. The number of hydrogen-bond donors (Lipinski definition) is 0. The standard InChI is InChI=1S/C13H15NOS/c1-8-14-10-7-5-6-9(11(10)16-8)12(15)13(2,3)4/h5-7H,1-4H3. The molecule has 3 heteroatoms. The smallest absolute Gasteiger partial charge is 0.169 e. The summed E-state index contributed by atoms with van der Waals surface area (Å²) >= 11 is 1.59. The molecule has 0 aliphatic carbocycles. The molecule has 0 atom stereocenters. The first-order chi connectivity index (χ1) is 7.39. The van der Waals surface area contributed by atoms with E-state index in [1.165, 1.54) is 0 Å². The van der Waals surface area contributed by atoms with E-state index in [2.05, 4.69) is 4.98 Å². The van der Waals surface area contributed by atoms with Crippen molar-refractivity contribution in [3.8, 4) is 0 Å². The lowest BCUT2D eigenvalue weighted by Gasteiger charge is -2.16. The number of aromatic nitrogens is 1. The molecule has 0 aliphatic rings. The number of fused-ring (bicyclic) bond motifs is 1. The summed E-state index contributed by atoms with van der Waals surface area (Å²) < 4.78 is 1.01. The molecular weight excluding hydrogens is 218 g/mol. The molecule has 0 spiro atoms. The molecule has 16 heavy (non-hydrogen) atoms. The second kappa shape index (κ2) is 3.67. The van der Waals surface area contributed by atoms with Gasteiger partial charge in [-0.3, -0.25) is 4.79 Å². The van der Waals surface area contributed by atoms with Gasteiger partial charge in [-0.15, -0.1) is 11.3 Å². The van der Waals surface area contributed by atoms with Crippen molar-refractivity contribution in [3.63, 3.8) is 0 Å². The third-order valence-electron chi connectivity index (χ3n) is 2.45. The van der Waals surface area contributed by atoms with Crippen LogP contribution in [0.1, 0.15) is 36.1 Å². The molecule has 0 N–H and O–H groups in total. The van der Waals surface area contributed by atoms with Crippen LogP contribution in [0.3, 0.4) is 0 Å². The molecule has 0 radical (unpaired) electrons. The molecule has 0 saturated heterocycles. The molecule has 2 aromatic rings. The third kappa shape index (κ3) is 1.87. The molecule has 0 saturated carbocycles. The van der Waals surface area contributed by atoms with Gasteiger partial charge in [-0.1, -0.05) is 26.8 Å². The molecule has 1 heterocycles. The quantitative estimate of drug-likeness (QED) is 0.701. The van der Waals surface area contributed by atoms with Gasteiger partial charge in [0.15, 0.2) is 5.78 Å². The molecule has 0 fully saturated rings. The topological polar surface area (TPSA) is 30.0 Å². The summed E-state index contributed by atoms with van der Waals surface area (Å²) in [6.45, 7) is 7.81. The number of hydrogen-bond acceptors (Lipinski definition) is 3. The lowest BCUT2D eigenvalue weighted by molar-refractivity contribution is 0.0860. The Morgan fingerprint density at radius 1 is 1.31 bits per heavy atom. The Hall–Kier alpha value is -1.22. The molecule has 0 amide bonds. The molecule has 2 nitrogen and oxygen atoms in total. The van der Waals surface area contributed by atoms with Crippen LogP contribution >= 0.6 is 11.3 Å². The second-order valence-electron chi connectivity index (χ2n) is 4.97. The van der Waals surface area contributed by atoms with Crippen molar-refractivity contribution in [2.75, 3.05) is 0 Å². The molecule has 0 aliphatic heterocycles. The van der Waals surface area contributed by atoms with Crippen LogP contribution in [0.5, 0.6) is 0 Å². The lowest BCUT2D eigenvalue weighted by atomic mass is 9.86. The highest BCUT2D eigenvalue weighted by Gasteiger charge is 2.25.